The van der Waals surface area contributed by atoms with E-state index in [-0.39, 0.29) is 35.5 Å². The normalized spacial score (nSPS) is 12.8. The maximum atomic E-state index is 14.9. The third kappa shape index (κ3) is 7.58. The van der Waals surface area contributed by atoms with Crippen molar-refractivity contribution in [2.45, 2.75) is 57.1 Å². The lowest BCUT2D eigenvalue weighted by atomic mass is 10.1. The molecule has 0 spiro atoms. The van der Waals surface area contributed by atoms with Crippen molar-refractivity contribution in [1.29, 1.82) is 0 Å². The number of benzene rings is 3. The van der Waals surface area contributed by atoms with Crippen LogP contribution < -0.4 is 9.62 Å². The Bertz CT molecular complexity index is 1370. The Balaban J connectivity index is 2.05. The lowest BCUT2D eigenvalue weighted by Crippen LogP contribution is -2.53. The van der Waals surface area contributed by atoms with E-state index in [4.69, 9.17) is 11.6 Å². The second kappa shape index (κ2) is 13.6. The Hall–Kier alpha value is -3.43. The van der Waals surface area contributed by atoms with E-state index >= 15 is 0 Å². The summed E-state index contributed by atoms with van der Waals surface area (Å²) < 4.78 is 43.1. The SMILES string of the molecule is CC[C@H](C)NC(=O)[C@H](CC)N(Cc1ccc(Cl)cc1)C(=O)CN(c1ccccc1F)S(=O)(=O)c1ccccc1. The summed E-state index contributed by atoms with van der Waals surface area (Å²) in [7, 11) is -4.33. The molecular weight excluding hydrogens is 541 g/mol. The first-order chi connectivity index (χ1) is 18.6. The predicted molar refractivity (Wildman–Crippen MR) is 151 cm³/mol. The highest BCUT2D eigenvalue weighted by Gasteiger charge is 2.34. The van der Waals surface area contributed by atoms with Gasteiger partial charge in [-0.15, -0.1) is 0 Å². The van der Waals surface area contributed by atoms with E-state index in [9.17, 15) is 22.4 Å². The highest BCUT2D eigenvalue weighted by Crippen LogP contribution is 2.27. The van der Waals surface area contributed by atoms with Crippen LogP contribution >= 0.6 is 11.6 Å². The Kier molecular flexibility index (Phi) is 10.5. The summed E-state index contributed by atoms with van der Waals surface area (Å²) in [4.78, 5) is 28.4. The van der Waals surface area contributed by atoms with E-state index in [1.807, 2.05) is 13.8 Å². The summed E-state index contributed by atoms with van der Waals surface area (Å²) >= 11 is 6.03. The Morgan fingerprint density at radius 1 is 0.923 bits per heavy atom. The zero-order valence-electron chi connectivity index (χ0n) is 22.2. The molecule has 39 heavy (non-hydrogen) atoms. The number of nitrogens with one attached hydrogen (secondary N) is 1. The monoisotopic (exact) mass is 573 g/mol. The standard InChI is InChI=1S/C29H33ClFN3O4S/c1-4-21(3)32-29(36)26(5-2)33(19-22-15-17-23(30)18-16-22)28(35)20-34(27-14-10-9-13-25(27)31)39(37,38)24-11-7-6-8-12-24/h6-18,21,26H,4-5,19-20H2,1-3H3,(H,32,36)/t21-,26-/m0/s1. The number of carbonyl (C=O) groups excluding carboxylic acids is 2. The molecule has 7 nitrogen and oxygen atoms in total. The van der Waals surface area contributed by atoms with Gasteiger partial charge in [0.2, 0.25) is 11.8 Å². The summed E-state index contributed by atoms with van der Waals surface area (Å²) in [5.41, 5.74) is 0.434. The number of hydrogen-bond acceptors (Lipinski definition) is 4. The van der Waals surface area contributed by atoms with Gasteiger partial charge in [-0.1, -0.05) is 67.9 Å². The van der Waals surface area contributed by atoms with Crippen LogP contribution in [0.1, 0.15) is 39.2 Å². The van der Waals surface area contributed by atoms with Crippen LogP contribution in [0.3, 0.4) is 0 Å². The Morgan fingerprint density at radius 2 is 1.54 bits per heavy atom. The molecule has 3 rings (SSSR count). The van der Waals surface area contributed by atoms with Gasteiger partial charge < -0.3 is 10.2 Å². The number of halogens is 2. The van der Waals surface area contributed by atoms with Crippen molar-refractivity contribution in [1.82, 2.24) is 10.2 Å². The number of carbonyl (C=O) groups is 2. The lowest BCUT2D eigenvalue weighted by molar-refractivity contribution is -0.140. The van der Waals surface area contributed by atoms with Crippen LogP contribution in [0.15, 0.2) is 83.8 Å². The molecule has 0 saturated carbocycles. The van der Waals surface area contributed by atoms with Gasteiger partial charge in [0.15, 0.2) is 0 Å². The molecule has 0 fully saturated rings. The molecule has 0 aliphatic rings. The maximum Gasteiger partial charge on any atom is 0.264 e. The molecule has 0 aliphatic carbocycles. The lowest BCUT2D eigenvalue weighted by Gasteiger charge is -2.33. The molecule has 10 heteroatoms. The van der Waals surface area contributed by atoms with Crippen molar-refractivity contribution in [3.63, 3.8) is 0 Å². The first-order valence-corrected chi connectivity index (χ1v) is 14.6. The minimum absolute atomic E-state index is 0.0267. The van der Waals surface area contributed by atoms with E-state index in [1.165, 1.54) is 35.2 Å². The fourth-order valence-corrected chi connectivity index (χ4v) is 5.60. The van der Waals surface area contributed by atoms with E-state index < -0.39 is 34.3 Å². The summed E-state index contributed by atoms with van der Waals surface area (Å²) in [6.07, 6.45) is 0.983. The molecule has 2 amide bonds. The summed E-state index contributed by atoms with van der Waals surface area (Å²) in [6, 6.07) is 18.7. The smallest absolute Gasteiger partial charge is 0.264 e. The van der Waals surface area contributed by atoms with Gasteiger partial charge in [-0.2, -0.15) is 0 Å². The molecule has 3 aromatic carbocycles. The third-order valence-corrected chi connectivity index (χ3v) is 8.41. The molecule has 0 aliphatic heterocycles. The zero-order valence-corrected chi connectivity index (χ0v) is 23.8. The molecule has 0 saturated heterocycles. The van der Waals surface area contributed by atoms with E-state index in [0.29, 0.717) is 17.0 Å². The molecule has 3 aromatic rings. The fraction of sp³-hybridized carbons (Fsp3) is 0.310. The van der Waals surface area contributed by atoms with Crippen LogP contribution in [0.2, 0.25) is 5.02 Å². The van der Waals surface area contributed by atoms with Gasteiger partial charge in [0, 0.05) is 17.6 Å². The highest BCUT2D eigenvalue weighted by atomic mass is 35.5. The van der Waals surface area contributed by atoms with Gasteiger partial charge in [-0.3, -0.25) is 13.9 Å². The van der Waals surface area contributed by atoms with Gasteiger partial charge in [0.05, 0.1) is 10.6 Å². The number of rotatable bonds is 12. The van der Waals surface area contributed by atoms with Gasteiger partial charge in [0.25, 0.3) is 10.0 Å². The molecule has 2 atom stereocenters. The highest BCUT2D eigenvalue weighted by molar-refractivity contribution is 7.92. The maximum absolute atomic E-state index is 14.9. The van der Waals surface area contributed by atoms with E-state index in [2.05, 4.69) is 5.32 Å². The second-order valence-corrected chi connectivity index (χ2v) is 11.5. The number of amides is 2. The molecule has 0 heterocycles. The van der Waals surface area contributed by atoms with E-state index in [0.717, 1.165) is 10.4 Å². The third-order valence-electron chi connectivity index (χ3n) is 6.38. The minimum atomic E-state index is -4.33. The molecule has 0 radical (unpaired) electrons. The van der Waals surface area contributed by atoms with Crippen molar-refractivity contribution < 1.29 is 22.4 Å². The number of hydrogen-bond donors (Lipinski definition) is 1. The second-order valence-electron chi connectivity index (χ2n) is 9.17. The van der Waals surface area contributed by atoms with Crippen LogP contribution in [0, 0.1) is 5.82 Å². The van der Waals surface area contributed by atoms with Crippen LogP contribution in [0.25, 0.3) is 0 Å². The first kappa shape index (κ1) is 30.1. The van der Waals surface area contributed by atoms with Gasteiger partial charge >= 0.3 is 0 Å². The Labute approximate surface area is 234 Å². The Morgan fingerprint density at radius 3 is 2.13 bits per heavy atom. The van der Waals surface area contributed by atoms with Crippen LogP contribution in [-0.4, -0.2) is 43.8 Å². The van der Waals surface area contributed by atoms with Crippen molar-refractivity contribution >= 4 is 39.1 Å². The van der Waals surface area contributed by atoms with Crippen molar-refractivity contribution in [2.24, 2.45) is 0 Å². The summed E-state index contributed by atoms with van der Waals surface area (Å²) in [5.74, 6) is -1.80. The number of anilines is 1. The molecule has 0 aromatic heterocycles. The van der Waals surface area contributed by atoms with Crippen LogP contribution in [0.5, 0.6) is 0 Å². The van der Waals surface area contributed by atoms with E-state index in [1.54, 1.807) is 49.4 Å². The summed E-state index contributed by atoms with van der Waals surface area (Å²) in [5, 5.41) is 3.43. The topological polar surface area (TPSA) is 86.8 Å². The molecule has 0 unspecified atom stereocenters. The average molecular weight is 574 g/mol. The molecule has 208 valence electrons. The first-order valence-electron chi connectivity index (χ1n) is 12.7. The number of nitrogens with zero attached hydrogens (tertiary/aromatic N) is 2. The number of sulfonamides is 1. The number of para-hydroxylation sites is 1. The predicted octanol–water partition coefficient (Wildman–Crippen LogP) is 5.40. The van der Waals surface area contributed by atoms with Crippen molar-refractivity contribution in [3.8, 4) is 0 Å². The molecule has 0 bridgehead atoms. The van der Waals surface area contributed by atoms with Crippen molar-refractivity contribution in [3.05, 3.63) is 95.3 Å². The van der Waals surface area contributed by atoms with Crippen LogP contribution in [0.4, 0.5) is 10.1 Å². The largest absolute Gasteiger partial charge is 0.352 e. The molecular formula is C29H33ClFN3O4S. The minimum Gasteiger partial charge on any atom is -0.352 e. The van der Waals surface area contributed by atoms with Crippen LogP contribution in [-0.2, 0) is 26.2 Å². The molecule has 1 N–H and O–H groups in total. The zero-order chi connectivity index (χ0) is 28.6. The van der Waals surface area contributed by atoms with Gasteiger partial charge in [0.1, 0.15) is 18.4 Å². The summed E-state index contributed by atoms with van der Waals surface area (Å²) in [6.45, 7) is 4.89. The quantitative estimate of drug-likeness (QED) is 0.314. The average Bonchev–Trinajstić information content (AvgIpc) is 2.93. The fourth-order valence-electron chi connectivity index (χ4n) is 4.03. The van der Waals surface area contributed by atoms with Crippen molar-refractivity contribution in [2.75, 3.05) is 10.8 Å². The van der Waals surface area contributed by atoms with Gasteiger partial charge in [-0.25, -0.2) is 12.8 Å². The van der Waals surface area contributed by atoms with Gasteiger partial charge in [-0.05, 0) is 61.7 Å².